The maximum atomic E-state index is 3.57. The van der Waals surface area contributed by atoms with E-state index in [1.54, 1.807) is 11.3 Å². The molecular weight excluding hydrogens is 294 g/mol. The number of H-pyrrole nitrogens is 1. The molecule has 4 aromatic rings. The molecule has 0 atom stereocenters. The molecule has 2 heterocycles. The fraction of sp³-hybridized carbons (Fsp3) is 0. The Bertz CT molecular complexity index is 861. The van der Waals surface area contributed by atoms with E-state index in [-0.39, 0.29) is 0 Å². The van der Waals surface area contributed by atoms with Crippen molar-refractivity contribution in [3.8, 4) is 11.3 Å². The SMILES string of the molecule is c1ccc(Sc2c(-c3ccsc3)[nH]c3ccccc23)cc1. The second-order valence-electron chi connectivity index (χ2n) is 4.80. The first kappa shape index (κ1) is 12.7. The normalized spacial score (nSPS) is 11.0. The third-order valence-electron chi connectivity index (χ3n) is 3.43. The molecule has 102 valence electrons. The Balaban J connectivity index is 1.91. The highest BCUT2D eigenvalue weighted by Crippen LogP contribution is 2.41. The zero-order valence-electron chi connectivity index (χ0n) is 11.2. The molecule has 3 heteroatoms. The fourth-order valence-electron chi connectivity index (χ4n) is 2.44. The van der Waals surface area contributed by atoms with Crippen molar-refractivity contribution >= 4 is 34.0 Å². The molecule has 0 spiro atoms. The molecule has 0 fully saturated rings. The van der Waals surface area contributed by atoms with Gasteiger partial charge in [0.1, 0.15) is 0 Å². The van der Waals surface area contributed by atoms with Crippen LogP contribution >= 0.6 is 23.1 Å². The van der Waals surface area contributed by atoms with Gasteiger partial charge in [0.25, 0.3) is 0 Å². The number of hydrogen-bond acceptors (Lipinski definition) is 2. The summed E-state index contributed by atoms with van der Waals surface area (Å²) in [5.41, 5.74) is 3.66. The number of hydrogen-bond donors (Lipinski definition) is 1. The Labute approximate surface area is 131 Å². The molecule has 2 aromatic carbocycles. The molecule has 0 bridgehead atoms. The van der Waals surface area contributed by atoms with Crippen molar-refractivity contribution in [2.45, 2.75) is 9.79 Å². The van der Waals surface area contributed by atoms with Gasteiger partial charge in [0, 0.05) is 31.6 Å². The van der Waals surface area contributed by atoms with E-state index in [1.807, 2.05) is 11.8 Å². The number of fused-ring (bicyclic) bond motifs is 1. The second-order valence-corrected chi connectivity index (χ2v) is 6.67. The predicted molar refractivity (Wildman–Crippen MR) is 92.2 cm³/mol. The summed E-state index contributed by atoms with van der Waals surface area (Å²) in [7, 11) is 0. The zero-order chi connectivity index (χ0) is 14.1. The molecular formula is C18H13NS2. The number of nitrogens with one attached hydrogen (secondary N) is 1. The number of benzene rings is 2. The van der Waals surface area contributed by atoms with Crippen LogP contribution in [0.25, 0.3) is 22.2 Å². The summed E-state index contributed by atoms with van der Waals surface area (Å²) in [5.74, 6) is 0. The van der Waals surface area contributed by atoms with Crippen LogP contribution in [0.15, 0.2) is 81.2 Å². The predicted octanol–water partition coefficient (Wildman–Crippen LogP) is 6.05. The van der Waals surface area contributed by atoms with Gasteiger partial charge in [-0.1, -0.05) is 48.2 Å². The van der Waals surface area contributed by atoms with Gasteiger partial charge in [0.15, 0.2) is 0 Å². The van der Waals surface area contributed by atoms with Crippen molar-refractivity contribution in [1.29, 1.82) is 0 Å². The maximum Gasteiger partial charge on any atom is 0.0615 e. The number of para-hydroxylation sites is 1. The summed E-state index contributed by atoms with van der Waals surface area (Å²) in [6.07, 6.45) is 0. The quantitative estimate of drug-likeness (QED) is 0.487. The van der Waals surface area contributed by atoms with Crippen molar-refractivity contribution in [2.75, 3.05) is 0 Å². The smallest absolute Gasteiger partial charge is 0.0615 e. The molecule has 1 N–H and O–H groups in total. The van der Waals surface area contributed by atoms with Crippen LogP contribution in [0.2, 0.25) is 0 Å². The first-order valence-corrected chi connectivity index (χ1v) is 8.54. The van der Waals surface area contributed by atoms with Crippen LogP contribution < -0.4 is 0 Å². The molecule has 4 rings (SSSR count). The highest BCUT2D eigenvalue weighted by Gasteiger charge is 2.14. The minimum absolute atomic E-state index is 1.19. The Morgan fingerprint density at radius 2 is 1.67 bits per heavy atom. The van der Waals surface area contributed by atoms with E-state index in [4.69, 9.17) is 0 Å². The van der Waals surface area contributed by atoms with Crippen LogP contribution in [0.4, 0.5) is 0 Å². The molecule has 0 saturated carbocycles. The third kappa shape index (κ3) is 2.39. The van der Waals surface area contributed by atoms with Crippen molar-refractivity contribution in [3.05, 3.63) is 71.4 Å². The number of thiophene rings is 1. The lowest BCUT2D eigenvalue weighted by atomic mass is 10.2. The highest BCUT2D eigenvalue weighted by atomic mass is 32.2. The molecule has 0 aliphatic heterocycles. The molecule has 1 nitrogen and oxygen atoms in total. The van der Waals surface area contributed by atoms with Crippen LogP contribution in [-0.2, 0) is 0 Å². The monoisotopic (exact) mass is 307 g/mol. The molecule has 0 amide bonds. The Morgan fingerprint density at radius 3 is 2.48 bits per heavy atom. The lowest BCUT2D eigenvalue weighted by Gasteiger charge is -2.03. The topological polar surface area (TPSA) is 15.8 Å². The minimum atomic E-state index is 1.19. The Hall–Kier alpha value is -1.97. The van der Waals surface area contributed by atoms with Gasteiger partial charge >= 0.3 is 0 Å². The third-order valence-corrected chi connectivity index (χ3v) is 5.25. The Kier molecular flexibility index (Phi) is 3.30. The lowest BCUT2D eigenvalue weighted by molar-refractivity contribution is 1.39. The van der Waals surface area contributed by atoms with E-state index in [0.29, 0.717) is 0 Å². The minimum Gasteiger partial charge on any atom is -0.354 e. The number of rotatable bonds is 3. The molecule has 0 unspecified atom stereocenters. The first-order valence-electron chi connectivity index (χ1n) is 6.78. The van der Waals surface area contributed by atoms with Crippen molar-refractivity contribution < 1.29 is 0 Å². The average molecular weight is 307 g/mol. The van der Waals surface area contributed by atoms with Gasteiger partial charge in [0.2, 0.25) is 0 Å². The summed E-state index contributed by atoms with van der Waals surface area (Å²) < 4.78 is 0. The van der Waals surface area contributed by atoms with Gasteiger partial charge in [-0.3, -0.25) is 0 Å². The molecule has 0 aliphatic carbocycles. The summed E-state index contributed by atoms with van der Waals surface area (Å²) >= 11 is 3.55. The summed E-state index contributed by atoms with van der Waals surface area (Å²) in [5, 5.41) is 5.60. The van der Waals surface area contributed by atoms with Gasteiger partial charge in [-0.25, -0.2) is 0 Å². The van der Waals surface area contributed by atoms with E-state index >= 15 is 0 Å². The van der Waals surface area contributed by atoms with Gasteiger partial charge in [-0.2, -0.15) is 11.3 Å². The highest BCUT2D eigenvalue weighted by molar-refractivity contribution is 7.99. The maximum absolute atomic E-state index is 3.57. The van der Waals surface area contributed by atoms with Crippen molar-refractivity contribution in [1.82, 2.24) is 4.98 Å². The van der Waals surface area contributed by atoms with Gasteiger partial charge in [-0.15, -0.1) is 0 Å². The lowest BCUT2D eigenvalue weighted by Crippen LogP contribution is -1.77. The second kappa shape index (κ2) is 5.43. The standard InChI is InChI=1S/C18H13NS2/c1-2-6-14(7-3-1)21-18-15-8-4-5-9-16(15)19-17(18)13-10-11-20-12-13/h1-12,19H. The van der Waals surface area contributed by atoms with Crippen LogP contribution in [-0.4, -0.2) is 4.98 Å². The Morgan fingerprint density at radius 1 is 0.857 bits per heavy atom. The molecule has 2 aromatic heterocycles. The van der Waals surface area contributed by atoms with Crippen LogP contribution in [0, 0.1) is 0 Å². The molecule has 0 aliphatic rings. The van der Waals surface area contributed by atoms with E-state index in [2.05, 4.69) is 76.4 Å². The number of aromatic nitrogens is 1. The summed E-state index contributed by atoms with van der Waals surface area (Å²) in [6.45, 7) is 0. The van der Waals surface area contributed by atoms with E-state index in [1.165, 1.54) is 32.0 Å². The van der Waals surface area contributed by atoms with E-state index in [9.17, 15) is 0 Å². The fourth-order valence-corrected chi connectivity index (χ4v) is 4.17. The average Bonchev–Trinajstić information content (AvgIpc) is 3.16. The largest absolute Gasteiger partial charge is 0.354 e. The first-order chi connectivity index (χ1) is 10.4. The van der Waals surface area contributed by atoms with E-state index in [0.717, 1.165) is 0 Å². The summed E-state index contributed by atoms with van der Waals surface area (Å²) in [6, 6.07) is 21.2. The van der Waals surface area contributed by atoms with Crippen LogP contribution in [0.3, 0.4) is 0 Å². The number of aromatic amines is 1. The molecule has 0 radical (unpaired) electrons. The summed E-state index contributed by atoms with van der Waals surface area (Å²) in [4.78, 5) is 6.14. The molecule has 0 saturated heterocycles. The van der Waals surface area contributed by atoms with Crippen molar-refractivity contribution in [3.63, 3.8) is 0 Å². The van der Waals surface area contributed by atoms with E-state index < -0.39 is 0 Å². The van der Waals surface area contributed by atoms with Gasteiger partial charge < -0.3 is 4.98 Å². The zero-order valence-corrected chi connectivity index (χ0v) is 12.9. The van der Waals surface area contributed by atoms with Gasteiger partial charge in [0.05, 0.1) is 5.69 Å². The molecule has 21 heavy (non-hydrogen) atoms. The van der Waals surface area contributed by atoms with Gasteiger partial charge in [-0.05, 0) is 29.6 Å². The van der Waals surface area contributed by atoms with Crippen molar-refractivity contribution in [2.24, 2.45) is 0 Å². The van der Waals surface area contributed by atoms with Crippen LogP contribution in [0.1, 0.15) is 0 Å². The van der Waals surface area contributed by atoms with Crippen LogP contribution in [0.5, 0.6) is 0 Å².